The highest BCUT2D eigenvalue weighted by atomic mass is 19.1. The number of hydrogen-bond acceptors (Lipinski definition) is 3. The molecule has 1 atom stereocenters. The van der Waals surface area contributed by atoms with Crippen LogP contribution in [0, 0.1) is 17.6 Å². The lowest BCUT2D eigenvalue weighted by molar-refractivity contribution is 0.0797. The second-order valence-electron chi connectivity index (χ2n) is 5.72. The molecule has 1 saturated heterocycles. The van der Waals surface area contributed by atoms with Gasteiger partial charge in [0.25, 0.3) is 0 Å². The van der Waals surface area contributed by atoms with E-state index < -0.39 is 11.6 Å². The second-order valence-corrected chi connectivity index (χ2v) is 5.72. The smallest absolute Gasteiger partial charge is 0.317 e. The number of rotatable bonds is 5. The number of carbonyl (C=O) groups is 1. The van der Waals surface area contributed by atoms with Crippen molar-refractivity contribution in [2.75, 3.05) is 26.2 Å². The summed E-state index contributed by atoms with van der Waals surface area (Å²) in [7, 11) is 0. The first-order valence-corrected chi connectivity index (χ1v) is 7.76. The van der Waals surface area contributed by atoms with Crippen LogP contribution in [0.5, 0.6) is 5.75 Å². The Bertz CT molecular complexity index is 532. The predicted octanol–water partition coefficient (Wildman–Crippen LogP) is 2.15. The fourth-order valence-electron chi connectivity index (χ4n) is 2.61. The third kappa shape index (κ3) is 5.06. The third-order valence-electron chi connectivity index (χ3n) is 4.04. The van der Waals surface area contributed by atoms with Crippen molar-refractivity contribution in [3.8, 4) is 5.75 Å². The summed E-state index contributed by atoms with van der Waals surface area (Å²) >= 11 is 0. The molecular formula is C16H22F2N2O3. The molecule has 0 aliphatic carbocycles. The highest BCUT2D eigenvalue weighted by Crippen LogP contribution is 2.20. The molecule has 1 unspecified atom stereocenters. The number of nitrogens with zero attached hydrogens (tertiary/aromatic N) is 1. The molecule has 5 nitrogen and oxygen atoms in total. The fraction of sp³-hybridized carbons (Fsp3) is 0.562. The molecule has 1 aromatic rings. The molecule has 1 aliphatic heterocycles. The van der Waals surface area contributed by atoms with Gasteiger partial charge in [0.15, 0.2) is 11.6 Å². The van der Waals surface area contributed by atoms with Gasteiger partial charge in [-0.15, -0.1) is 0 Å². The average Bonchev–Trinajstić information content (AvgIpc) is 2.53. The number of halogens is 2. The Labute approximate surface area is 134 Å². The van der Waals surface area contributed by atoms with Crippen LogP contribution in [0.15, 0.2) is 18.2 Å². The number of piperidine rings is 1. The number of aliphatic hydroxyl groups is 1. The van der Waals surface area contributed by atoms with Gasteiger partial charge in [0.05, 0.1) is 12.6 Å². The molecule has 0 radical (unpaired) electrons. The van der Waals surface area contributed by atoms with Crippen LogP contribution in [0.3, 0.4) is 0 Å². The van der Waals surface area contributed by atoms with Gasteiger partial charge in [0, 0.05) is 19.2 Å². The van der Waals surface area contributed by atoms with Crippen molar-refractivity contribution in [1.29, 1.82) is 0 Å². The second kappa shape index (κ2) is 8.10. The number of amides is 2. The number of carbonyl (C=O) groups excluding carboxylic acids is 1. The SMILES string of the molecule is CC(O)C1CCN(C(=O)NCCOc2ccc(F)cc2F)CC1. The van der Waals surface area contributed by atoms with Gasteiger partial charge in [-0.3, -0.25) is 0 Å². The molecule has 1 aliphatic rings. The number of ether oxygens (including phenoxy) is 1. The van der Waals surface area contributed by atoms with E-state index in [-0.39, 0.29) is 37.0 Å². The maximum Gasteiger partial charge on any atom is 0.317 e. The number of nitrogens with one attached hydrogen (secondary N) is 1. The van der Waals surface area contributed by atoms with Gasteiger partial charge < -0.3 is 20.1 Å². The largest absolute Gasteiger partial charge is 0.489 e. The van der Waals surface area contributed by atoms with Crippen LogP contribution in [0.2, 0.25) is 0 Å². The zero-order valence-electron chi connectivity index (χ0n) is 13.1. The van der Waals surface area contributed by atoms with E-state index >= 15 is 0 Å². The van der Waals surface area contributed by atoms with Crippen LogP contribution in [-0.2, 0) is 0 Å². The molecule has 2 rings (SSSR count). The number of aliphatic hydroxyl groups excluding tert-OH is 1. The minimum atomic E-state index is -0.767. The van der Waals surface area contributed by atoms with Gasteiger partial charge in [-0.05, 0) is 37.8 Å². The molecule has 1 aromatic carbocycles. The zero-order chi connectivity index (χ0) is 16.8. The first-order valence-electron chi connectivity index (χ1n) is 7.76. The molecule has 0 aromatic heterocycles. The monoisotopic (exact) mass is 328 g/mol. The Morgan fingerprint density at radius 2 is 2.13 bits per heavy atom. The highest BCUT2D eigenvalue weighted by molar-refractivity contribution is 5.74. The first-order chi connectivity index (χ1) is 11.0. The van der Waals surface area contributed by atoms with Gasteiger partial charge in [-0.25, -0.2) is 13.6 Å². The summed E-state index contributed by atoms with van der Waals surface area (Å²) in [6, 6.07) is 2.88. The lowest BCUT2D eigenvalue weighted by atomic mass is 9.92. The Morgan fingerprint density at radius 1 is 1.43 bits per heavy atom. The van der Waals surface area contributed by atoms with Gasteiger partial charge in [-0.2, -0.15) is 0 Å². The highest BCUT2D eigenvalue weighted by Gasteiger charge is 2.25. The van der Waals surface area contributed by atoms with E-state index in [1.165, 1.54) is 6.07 Å². The van der Waals surface area contributed by atoms with Crippen molar-refractivity contribution < 1.29 is 23.4 Å². The van der Waals surface area contributed by atoms with Crippen molar-refractivity contribution in [2.45, 2.75) is 25.9 Å². The Morgan fingerprint density at radius 3 is 2.74 bits per heavy atom. The van der Waals surface area contributed by atoms with E-state index in [4.69, 9.17) is 4.74 Å². The van der Waals surface area contributed by atoms with E-state index in [9.17, 15) is 18.7 Å². The van der Waals surface area contributed by atoms with Gasteiger partial charge in [0.1, 0.15) is 12.4 Å². The lowest BCUT2D eigenvalue weighted by Gasteiger charge is -2.33. The molecule has 1 fully saturated rings. The van der Waals surface area contributed by atoms with E-state index in [0.717, 1.165) is 25.0 Å². The fourth-order valence-corrected chi connectivity index (χ4v) is 2.61. The molecular weight excluding hydrogens is 306 g/mol. The Kier molecular flexibility index (Phi) is 6.15. The summed E-state index contributed by atoms with van der Waals surface area (Å²) in [5.74, 6) is -1.23. The average molecular weight is 328 g/mol. The van der Waals surface area contributed by atoms with Crippen LogP contribution in [0.4, 0.5) is 13.6 Å². The minimum Gasteiger partial charge on any atom is -0.489 e. The van der Waals surface area contributed by atoms with E-state index in [0.29, 0.717) is 13.1 Å². The minimum absolute atomic E-state index is 0.0432. The van der Waals surface area contributed by atoms with Crippen LogP contribution >= 0.6 is 0 Å². The Hall–Kier alpha value is -1.89. The summed E-state index contributed by atoms with van der Waals surface area (Å²) < 4.78 is 31.3. The van der Waals surface area contributed by atoms with Crippen LogP contribution < -0.4 is 10.1 Å². The number of likely N-dealkylation sites (tertiary alicyclic amines) is 1. The molecule has 128 valence electrons. The van der Waals surface area contributed by atoms with Crippen molar-refractivity contribution >= 4 is 6.03 Å². The van der Waals surface area contributed by atoms with Crippen molar-refractivity contribution in [1.82, 2.24) is 10.2 Å². The number of benzene rings is 1. The van der Waals surface area contributed by atoms with E-state index in [1.807, 2.05) is 0 Å². The standard InChI is InChI=1S/C16H22F2N2O3/c1-11(21)12-4-7-20(8-5-12)16(22)19-6-9-23-15-3-2-13(17)10-14(15)18/h2-3,10-12,21H,4-9H2,1H3,(H,19,22). The Balaban J connectivity index is 1.67. The topological polar surface area (TPSA) is 61.8 Å². The molecule has 0 spiro atoms. The summed E-state index contributed by atoms with van der Waals surface area (Å²) in [5, 5.41) is 12.2. The maximum atomic E-state index is 13.3. The third-order valence-corrected chi connectivity index (χ3v) is 4.04. The zero-order valence-corrected chi connectivity index (χ0v) is 13.1. The number of urea groups is 1. The van der Waals surface area contributed by atoms with Crippen molar-refractivity contribution in [3.05, 3.63) is 29.8 Å². The lowest BCUT2D eigenvalue weighted by Crippen LogP contribution is -2.46. The van der Waals surface area contributed by atoms with Crippen molar-refractivity contribution in [2.24, 2.45) is 5.92 Å². The molecule has 23 heavy (non-hydrogen) atoms. The number of hydrogen-bond donors (Lipinski definition) is 2. The van der Waals surface area contributed by atoms with Crippen LogP contribution in [0.25, 0.3) is 0 Å². The molecule has 2 amide bonds. The quantitative estimate of drug-likeness (QED) is 0.814. The maximum absolute atomic E-state index is 13.3. The molecule has 1 heterocycles. The molecule has 0 bridgehead atoms. The van der Waals surface area contributed by atoms with Gasteiger partial charge >= 0.3 is 6.03 Å². The molecule has 0 saturated carbocycles. The van der Waals surface area contributed by atoms with E-state index in [1.54, 1.807) is 11.8 Å². The van der Waals surface area contributed by atoms with Crippen LogP contribution in [0.1, 0.15) is 19.8 Å². The van der Waals surface area contributed by atoms with Crippen molar-refractivity contribution in [3.63, 3.8) is 0 Å². The normalized spacial score (nSPS) is 17.0. The molecule has 7 heteroatoms. The van der Waals surface area contributed by atoms with E-state index in [2.05, 4.69) is 5.32 Å². The predicted molar refractivity (Wildman–Crippen MR) is 81.2 cm³/mol. The summed E-state index contributed by atoms with van der Waals surface area (Å²) in [6.45, 7) is 3.31. The van der Waals surface area contributed by atoms with Gasteiger partial charge in [0.2, 0.25) is 0 Å². The summed E-state index contributed by atoms with van der Waals surface area (Å²) in [6.07, 6.45) is 1.21. The molecule has 2 N–H and O–H groups in total. The summed E-state index contributed by atoms with van der Waals surface area (Å²) in [5.41, 5.74) is 0. The van der Waals surface area contributed by atoms with Gasteiger partial charge in [-0.1, -0.05) is 0 Å². The summed E-state index contributed by atoms with van der Waals surface area (Å²) in [4.78, 5) is 13.7. The first kappa shape index (κ1) is 17.5. The van der Waals surface area contributed by atoms with Crippen LogP contribution in [-0.4, -0.2) is 48.4 Å².